The van der Waals surface area contributed by atoms with Crippen LogP contribution in [0.4, 0.5) is 5.69 Å². The predicted octanol–water partition coefficient (Wildman–Crippen LogP) is 2.56. The molecule has 0 atom stereocenters. The van der Waals surface area contributed by atoms with Gasteiger partial charge in [0.05, 0.1) is 0 Å². The Hall–Kier alpha value is 0.399. The Morgan fingerprint density at radius 3 is 2.20 bits per heavy atom. The van der Waals surface area contributed by atoms with Crippen LogP contribution < -0.4 is 3.54 Å². The number of halogens is 2. The van der Waals surface area contributed by atoms with E-state index in [1.807, 2.05) is 30.3 Å². The molecule has 1 nitrogen and oxygen atoms in total. The first kappa shape index (κ1) is 8.49. The molecule has 10 heavy (non-hydrogen) atoms. The van der Waals surface area contributed by atoms with E-state index in [2.05, 4.69) is 3.54 Å². The molecule has 1 aromatic carbocycles. The van der Waals surface area contributed by atoms with E-state index in [1.54, 1.807) is 0 Å². The van der Waals surface area contributed by atoms with Gasteiger partial charge in [-0.3, -0.25) is 0 Å². The zero-order chi connectivity index (χ0) is 7.40. The molecule has 0 aliphatic rings. The summed E-state index contributed by atoms with van der Waals surface area (Å²) in [5, 5.41) is 0. The Labute approximate surface area is 74.9 Å². The van der Waals surface area contributed by atoms with Crippen LogP contribution in [0.2, 0.25) is 0 Å². The Balaban J connectivity index is 2.59. The molecular formula is C6H6Cl2NSn. The van der Waals surface area contributed by atoms with E-state index in [0.717, 1.165) is 5.69 Å². The summed E-state index contributed by atoms with van der Waals surface area (Å²) < 4.78 is 3.03. The van der Waals surface area contributed by atoms with Crippen LogP contribution in [-0.2, 0) is 0 Å². The number of hydrogen-bond acceptors (Lipinski definition) is 1. The van der Waals surface area contributed by atoms with Crippen molar-refractivity contribution in [2.24, 2.45) is 0 Å². The fourth-order valence-electron chi connectivity index (χ4n) is 0.631. The molecular weight excluding hydrogens is 276 g/mol. The molecule has 1 radical (unpaired) electrons. The van der Waals surface area contributed by atoms with Crippen LogP contribution in [0.5, 0.6) is 0 Å². The van der Waals surface area contributed by atoms with Gasteiger partial charge in [0.2, 0.25) is 0 Å². The van der Waals surface area contributed by atoms with E-state index in [-0.39, 0.29) is 0 Å². The van der Waals surface area contributed by atoms with E-state index in [0.29, 0.717) is 0 Å². The Kier molecular flexibility index (Phi) is 3.66. The standard InChI is InChI=1S/C6H6N.2ClH.Sn/c7-6-4-2-1-3-5-6;;;/h1-5,7H;2*1H;/q-1;;;+3/p-2. The van der Waals surface area contributed by atoms with Gasteiger partial charge in [0.25, 0.3) is 0 Å². The third-order valence-electron chi connectivity index (χ3n) is 1.01. The van der Waals surface area contributed by atoms with Gasteiger partial charge in [-0.05, 0) is 0 Å². The molecule has 1 aromatic rings. The Morgan fingerprint density at radius 1 is 1.10 bits per heavy atom. The summed E-state index contributed by atoms with van der Waals surface area (Å²) in [4.78, 5) is 0. The summed E-state index contributed by atoms with van der Waals surface area (Å²) in [6.45, 7) is 0. The average molecular weight is 282 g/mol. The molecule has 1 rings (SSSR count). The molecule has 53 valence electrons. The van der Waals surface area contributed by atoms with Crippen LogP contribution >= 0.6 is 17.8 Å². The number of para-hydroxylation sites is 1. The minimum absolute atomic E-state index is 1.02. The monoisotopic (exact) mass is 282 g/mol. The molecule has 0 spiro atoms. The summed E-state index contributed by atoms with van der Waals surface area (Å²) in [7, 11) is 11.3. The second-order valence-corrected chi connectivity index (χ2v) is 10.3. The van der Waals surface area contributed by atoms with Crippen molar-refractivity contribution in [3.8, 4) is 0 Å². The molecule has 0 heterocycles. The second kappa shape index (κ2) is 4.31. The summed E-state index contributed by atoms with van der Waals surface area (Å²) in [6, 6.07) is 9.75. The van der Waals surface area contributed by atoms with Crippen molar-refractivity contribution in [2.45, 2.75) is 0 Å². The van der Waals surface area contributed by atoms with Crippen molar-refractivity contribution in [3.05, 3.63) is 30.3 Å². The summed E-state index contributed by atoms with van der Waals surface area (Å²) in [5.74, 6) is 0. The van der Waals surface area contributed by atoms with Gasteiger partial charge in [-0.25, -0.2) is 0 Å². The zero-order valence-corrected chi connectivity index (χ0v) is 9.51. The van der Waals surface area contributed by atoms with Crippen molar-refractivity contribution in [1.29, 1.82) is 0 Å². The van der Waals surface area contributed by atoms with Crippen LogP contribution in [0.1, 0.15) is 0 Å². The van der Waals surface area contributed by atoms with Crippen molar-refractivity contribution in [3.63, 3.8) is 0 Å². The quantitative estimate of drug-likeness (QED) is 0.822. The molecule has 1 N–H and O–H groups in total. The molecule has 0 saturated carbocycles. The van der Waals surface area contributed by atoms with Crippen LogP contribution in [0.3, 0.4) is 0 Å². The molecule has 0 amide bonds. The van der Waals surface area contributed by atoms with Gasteiger partial charge >= 0.3 is 75.2 Å². The molecule has 4 heteroatoms. The first-order valence-electron chi connectivity index (χ1n) is 2.79. The average Bonchev–Trinajstić information content (AvgIpc) is 1.88. The number of hydrogen-bond donors (Lipinski definition) is 1. The maximum atomic E-state index is 5.66. The number of anilines is 1. The SMILES string of the molecule is [Cl][Sn]([Cl])[NH]c1ccccc1. The van der Waals surface area contributed by atoms with Crippen molar-refractivity contribution >= 4 is 41.3 Å². The van der Waals surface area contributed by atoms with Gasteiger partial charge in [-0.2, -0.15) is 0 Å². The number of rotatable bonds is 2. The van der Waals surface area contributed by atoms with E-state index < -0.39 is 17.8 Å². The van der Waals surface area contributed by atoms with Gasteiger partial charge in [0, 0.05) is 0 Å². The van der Waals surface area contributed by atoms with E-state index >= 15 is 0 Å². The first-order chi connectivity index (χ1) is 4.79. The Bertz CT molecular complexity index is 190. The van der Waals surface area contributed by atoms with Crippen LogP contribution in [0.15, 0.2) is 30.3 Å². The van der Waals surface area contributed by atoms with Gasteiger partial charge in [-0.15, -0.1) is 0 Å². The third-order valence-corrected chi connectivity index (χ3v) is 3.64. The van der Waals surface area contributed by atoms with E-state index in [9.17, 15) is 0 Å². The second-order valence-electron chi connectivity index (χ2n) is 1.75. The fourth-order valence-corrected chi connectivity index (χ4v) is 3.19. The van der Waals surface area contributed by atoms with Crippen LogP contribution in [0.25, 0.3) is 0 Å². The van der Waals surface area contributed by atoms with Gasteiger partial charge in [0.15, 0.2) is 0 Å². The molecule has 0 unspecified atom stereocenters. The topological polar surface area (TPSA) is 12.0 Å². The molecule has 0 saturated heterocycles. The van der Waals surface area contributed by atoms with Crippen molar-refractivity contribution < 1.29 is 0 Å². The molecule has 0 aliphatic heterocycles. The molecule has 0 aromatic heterocycles. The van der Waals surface area contributed by atoms with Crippen LogP contribution in [0, 0.1) is 0 Å². The normalized spacial score (nSPS) is 9.90. The number of nitrogens with one attached hydrogen (secondary N) is 1. The van der Waals surface area contributed by atoms with E-state index in [4.69, 9.17) is 17.8 Å². The fraction of sp³-hybridized carbons (Fsp3) is 0. The third kappa shape index (κ3) is 2.99. The van der Waals surface area contributed by atoms with Gasteiger partial charge in [0.1, 0.15) is 0 Å². The zero-order valence-electron chi connectivity index (χ0n) is 5.14. The molecule has 0 fully saturated rings. The molecule has 0 bridgehead atoms. The maximum absolute atomic E-state index is 5.66. The predicted molar refractivity (Wildman–Crippen MR) is 47.5 cm³/mol. The van der Waals surface area contributed by atoms with E-state index in [1.165, 1.54) is 0 Å². The summed E-state index contributed by atoms with van der Waals surface area (Å²) in [5.41, 5.74) is 1.02. The molecule has 0 aliphatic carbocycles. The minimum atomic E-state index is -2.19. The van der Waals surface area contributed by atoms with Gasteiger partial charge < -0.3 is 0 Å². The van der Waals surface area contributed by atoms with Gasteiger partial charge in [-0.1, -0.05) is 0 Å². The Morgan fingerprint density at radius 2 is 1.70 bits per heavy atom. The summed E-state index contributed by atoms with van der Waals surface area (Å²) in [6.07, 6.45) is 0. The van der Waals surface area contributed by atoms with Crippen LogP contribution in [-0.4, -0.2) is 17.8 Å². The van der Waals surface area contributed by atoms with Crippen molar-refractivity contribution in [2.75, 3.05) is 3.54 Å². The first-order valence-corrected chi connectivity index (χ1v) is 11.4. The number of benzene rings is 1. The van der Waals surface area contributed by atoms with Crippen molar-refractivity contribution in [1.82, 2.24) is 0 Å². The summed E-state index contributed by atoms with van der Waals surface area (Å²) >= 11 is -2.19.